The van der Waals surface area contributed by atoms with Crippen molar-refractivity contribution in [2.45, 2.75) is 42.0 Å². The molecule has 2 aliphatic heterocycles. The Labute approximate surface area is 217 Å². The van der Waals surface area contributed by atoms with Crippen LogP contribution in [-0.2, 0) is 31.4 Å². The van der Waals surface area contributed by atoms with Crippen molar-refractivity contribution in [2.24, 2.45) is 5.92 Å². The summed E-state index contributed by atoms with van der Waals surface area (Å²) in [6.45, 7) is 1.70. The lowest BCUT2D eigenvalue weighted by molar-refractivity contribution is -0.126. The van der Waals surface area contributed by atoms with Gasteiger partial charge < -0.3 is 10.1 Å². The van der Waals surface area contributed by atoms with Crippen LogP contribution in [0.5, 0.6) is 5.75 Å². The third kappa shape index (κ3) is 5.70. The van der Waals surface area contributed by atoms with E-state index in [0.29, 0.717) is 38.2 Å². The summed E-state index contributed by atoms with van der Waals surface area (Å²) in [5.74, 6) is -0.346. The summed E-state index contributed by atoms with van der Waals surface area (Å²) in [6.07, 6.45) is 2.88. The first kappa shape index (κ1) is 26.9. The number of carbonyl (C=O) groups is 1. The van der Waals surface area contributed by atoms with Crippen molar-refractivity contribution in [3.63, 3.8) is 0 Å². The summed E-state index contributed by atoms with van der Waals surface area (Å²) in [7, 11) is -5.85. The molecule has 36 heavy (non-hydrogen) atoms. The highest BCUT2D eigenvalue weighted by Crippen LogP contribution is 2.30. The molecular formula is C24H30ClN3O6S2. The largest absolute Gasteiger partial charge is 0.495 e. The summed E-state index contributed by atoms with van der Waals surface area (Å²) >= 11 is 6.11. The van der Waals surface area contributed by atoms with Crippen molar-refractivity contribution in [1.29, 1.82) is 0 Å². The Bertz CT molecular complexity index is 1310. The number of sulfonamides is 2. The fraction of sp³-hybridized carbons (Fsp3) is 0.458. The summed E-state index contributed by atoms with van der Waals surface area (Å²) in [6, 6.07) is 10.8. The van der Waals surface area contributed by atoms with Crippen molar-refractivity contribution in [3.8, 4) is 5.75 Å². The Kier molecular flexibility index (Phi) is 8.25. The van der Waals surface area contributed by atoms with Crippen LogP contribution in [0.4, 0.5) is 0 Å². The van der Waals surface area contributed by atoms with Gasteiger partial charge in [0.1, 0.15) is 5.75 Å². The first-order chi connectivity index (χ1) is 17.1. The van der Waals surface area contributed by atoms with Crippen molar-refractivity contribution < 1.29 is 26.4 Å². The maximum atomic E-state index is 13.1. The third-order valence-electron chi connectivity index (χ3n) is 6.61. The molecule has 0 saturated carbocycles. The molecule has 2 heterocycles. The predicted molar refractivity (Wildman–Crippen MR) is 136 cm³/mol. The van der Waals surface area contributed by atoms with Gasteiger partial charge in [-0.3, -0.25) is 4.79 Å². The summed E-state index contributed by atoms with van der Waals surface area (Å²) in [5.41, 5.74) is 0.761. The molecule has 1 N–H and O–H groups in total. The van der Waals surface area contributed by atoms with E-state index in [1.165, 1.54) is 33.9 Å². The molecule has 0 aliphatic carbocycles. The van der Waals surface area contributed by atoms with E-state index in [1.54, 1.807) is 24.3 Å². The zero-order chi connectivity index (χ0) is 25.9. The molecule has 0 radical (unpaired) electrons. The Morgan fingerprint density at radius 3 is 2.19 bits per heavy atom. The van der Waals surface area contributed by atoms with Crippen LogP contribution in [0, 0.1) is 5.92 Å². The molecular weight excluding hydrogens is 526 g/mol. The van der Waals surface area contributed by atoms with Gasteiger partial charge in [-0.2, -0.15) is 8.61 Å². The van der Waals surface area contributed by atoms with Crippen LogP contribution in [-0.4, -0.2) is 64.6 Å². The van der Waals surface area contributed by atoms with Gasteiger partial charge in [-0.25, -0.2) is 16.8 Å². The fourth-order valence-corrected chi connectivity index (χ4v) is 7.91. The molecule has 1 amide bonds. The van der Waals surface area contributed by atoms with Crippen LogP contribution in [0.25, 0.3) is 0 Å². The van der Waals surface area contributed by atoms with Crippen LogP contribution in [0.15, 0.2) is 52.3 Å². The maximum absolute atomic E-state index is 13.1. The Balaban J connectivity index is 1.36. The number of piperidine rings is 1. The van der Waals surface area contributed by atoms with Crippen molar-refractivity contribution in [1.82, 2.24) is 13.9 Å². The van der Waals surface area contributed by atoms with Gasteiger partial charge in [-0.1, -0.05) is 23.7 Å². The first-order valence-corrected chi connectivity index (χ1v) is 15.1. The standard InChI is InChI=1S/C24H30ClN3O6S2/c1-34-23-11-10-21(15-22(23)25)36(32,33)28-14-4-5-19(17-28)24(29)26-16-18-6-8-20(9-7-18)35(30,31)27-12-2-3-13-27/h6-11,15,19H,2-5,12-14,16-17H2,1H3,(H,26,29). The van der Waals surface area contributed by atoms with Crippen molar-refractivity contribution in [2.75, 3.05) is 33.3 Å². The van der Waals surface area contributed by atoms with E-state index in [0.717, 1.165) is 18.4 Å². The topological polar surface area (TPSA) is 113 Å². The van der Waals surface area contributed by atoms with Gasteiger partial charge in [0.2, 0.25) is 26.0 Å². The molecule has 9 nitrogen and oxygen atoms in total. The molecule has 196 valence electrons. The van der Waals surface area contributed by atoms with E-state index in [9.17, 15) is 21.6 Å². The van der Waals surface area contributed by atoms with E-state index in [4.69, 9.17) is 16.3 Å². The second-order valence-corrected chi connectivity index (χ2v) is 13.3. The number of benzene rings is 2. The summed E-state index contributed by atoms with van der Waals surface area (Å²) < 4.78 is 59.5. The van der Waals surface area contributed by atoms with Crippen molar-refractivity contribution >= 4 is 37.6 Å². The quantitative estimate of drug-likeness (QED) is 0.536. The van der Waals surface area contributed by atoms with Crippen LogP contribution in [0.3, 0.4) is 0 Å². The number of nitrogens with one attached hydrogen (secondary N) is 1. The Hall–Kier alpha value is -2.18. The molecule has 0 spiro atoms. The zero-order valence-corrected chi connectivity index (χ0v) is 22.4. The predicted octanol–water partition coefficient (Wildman–Crippen LogP) is 2.85. The minimum atomic E-state index is -3.82. The zero-order valence-electron chi connectivity index (χ0n) is 20.0. The normalized spacial score (nSPS) is 19.8. The fourth-order valence-electron chi connectivity index (χ4n) is 4.52. The van der Waals surface area contributed by atoms with E-state index in [2.05, 4.69) is 5.32 Å². The van der Waals surface area contributed by atoms with Crippen LogP contribution < -0.4 is 10.1 Å². The molecule has 1 atom stereocenters. The number of ether oxygens (including phenoxy) is 1. The Morgan fingerprint density at radius 1 is 0.944 bits per heavy atom. The van der Waals surface area contributed by atoms with Crippen LogP contribution >= 0.6 is 11.6 Å². The highest BCUT2D eigenvalue weighted by Gasteiger charge is 2.33. The molecule has 1 unspecified atom stereocenters. The second-order valence-electron chi connectivity index (χ2n) is 8.97. The molecule has 0 bridgehead atoms. The van der Waals surface area contributed by atoms with Gasteiger partial charge in [0.05, 0.1) is 27.8 Å². The second kappa shape index (κ2) is 11.1. The molecule has 2 aromatic carbocycles. The lowest BCUT2D eigenvalue weighted by atomic mass is 9.99. The summed E-state index contributed by atoms with van der Waals surface area (Å²) in [4.78, 5) is 13.1. The Morgan fingerprint density at radius 2 is 1.56 bits per heavy atom. The number of nitrogens with zero attached hydrogens (tertiary/aromatic N) is 2. The number of methoxy groups -OCH3 is 1. The van der Waals surface area contributed by atoms with Gasteiger partial charge in [-0.15, -0.1) is 0 Å². The van der Waals surface area contributed by atoms with E-state index >= 15 is 0 Å². The van der Waals surface area contributed by atoms with Gasteiger partial charge in [0.15, 0.2) is 0 Å². The highest BCUT2D eigenvalue weighted by atomic mass is 35.5. The monoisotopic (exact) mass is 555 g/mol. The minimum Gasteiger partial charge on any atom is -0.495 e. The third-order valence-corrected chi connectivity index (χ3v) is 10.7. The molecule has 2 saturated heterocycles. The summed E-state index contributed by atoms with van der Waals surface area (Å²) in [5, 5.41) is 3.06. The lowest BCUT2D eigenvalue weighted by Gasteiger charge is -2.31. The number of hydrogen-bond donors (Lipinski definition) is 1. The van der Waals surface area contributed by atoms with E-state index in [1.807, 2.05) is 0 Å². The van der Waals surface area contributed by atoms with Gasteiger partial charge in [-0.05, 0) is 61.6 Å². The average Bonchev–Trinajstić information content (AvgIpc) is 3.44. The highest BCUT2D eigenvalue weighted by molar-refractivity contribution is 7.89. The van der Waals surface area contributed by atoms with E-state index in [-0.39, 0.29) is 33.8 Å². The maximum Gasteiger partial charge on any atom is 0.243 e. The van der Waals surface area contributed by atoms with Gasteiger partial charge >= 0.3 is 0 Å². The number of rotatable bonds is 8. The molecule has 4 rings (SSSR count). The molecule has 2 fully saturated rings. The van der Waals surface area contributed by atoms with Crippen LogP contribution in [0.1, 0.15) is 31.2 Å². The van der Waals surface area contributed by atoms with Gasteiger partial charge in [0, 0.05) is 32.7 Å². The SMILES string of the molecule is COc1ccc(S(=O)(=O)N2CCCC(C(=O)NCc3ccc(S(=O)(=O)N4CCCC4)cc3)C2)cc1Cl. The van der Waals surface area contributed by atoms with Crippen LogP contribution in [0.2, 0.25) is 5.02 Å². The molecule has 12 heteroatoms. The number of halogens is 1. The average molecular weight is 556 g/mol. The van der Waals surface area contributed by atoms with Crippen molar-refractivity contribution in [3.05, 3.63) is 53.1 Å². The smallest absolute Gasteiger partial charge is 0.243 e. The first-order valence-electron chi connectivity index (χ1n) is 11.8. The molecule has 0 aromatic heterocycles. The minimum absolute atomic E-state index is 0.0540. The van der Waals surface area contributed by atoms with E-state index < -0.39 is 26.0 Å². The molecule has 2 aliphatic rings. The molecule has 2 aromatic rings. The number of hydrogen-bond acceptors (Lipinski definition) is 6. The number of amides is 1. The van der Waals surface area contributed by atoms with Gasteiger partial charge in [0.25, 0.3) is 0 Å². The lowest BCUT2D eigenvalue weighted by Crippen LogP contribution is -2.45. The number of carbonyl (C=O) groups excluding carboxylic acids is 1.